The van der Waals surface area contributed by atoms with Crippen molar-refractivity contribution in [2.75, 3.05) is 13.7 Å². The average molecular weight is 369 g/mol. The van der Waals surface area contributed by atoms with E-state index in [2.05, 4.69) is 0 Å². The highest BCUT2D eigenvalue weighted by Gasteiger charge is 2.12. The molecule has 0 aliphatic heterocycles. The number of hydrogen-bond donors (Lipinski definition) is 0. The molecule has 0 bridgehead atoms. The van der Waals surface area contributed by atoms with E-state index in [1.165, 1.54) is 23.1 Å². The molecule has 0 aliphatic rings. The van der Waals surface area contributed by atoms with E-state index in [9.17, 15) is 14.0 Å². The van der Waals surface area contributed by atoms with Gasteiger partial charge in [0.05, 0.1) is 0 Å². The van der Waals surface area contributed by atoms with Crippen molar-refractivity contribution in [1.82, 2.24) is 4.90 Å². The molecule has 3 aromatic rings. The van der Waals surface area contributed by atoms with Crippen LogP contribution in [0.4, 0.5) is 4.39 Å². The Kier molecular flexibility index (Phi) is 5.54. The van der Waals surface area contributed by atoms with E-state index in [0.717, 1.165) is 22.9 Å². The maximum atomic E-state index is 12.9. The molecule has 0 radical (unpaired) electrons. The molecule has 1 aromatic heterocycles. The second-order valence-corrected chi connectivity index (χ2v) is 6.27. The van der Waals surface area contributed by atoms with E-state index < -0.39 is 5.63 Å². The molecule has 0 N–H and O–H groups in total. The molecule has 5 nitrogen and oxygen atoms in total. The molecule has 1 amide bonds. The van der Waals surface area contributed by atoms with Crippen LogP contribution in [0.5, 0.6) is 5.75 Å². The normalized spacial score (nSPS) is 10.8. The first-order chi connectivity index (χ1) is 13.0. The lowest BCUT2D eigenvalue weighted by Gasteiger charge is -2.17. The van der Waals surface area contributed by atoms with Crippen molar-refractivity contribution in [3.63, 3.8) is 0 Å². The highest BCUT2D eigenvalue weighted by Crippen LogP contribution is 2.23. The van der Waals surface area contributed by atoms with Gasteiger partial charge in [0.15, 0.2) is 6.61 Å². The van der Waals surface area contributed by atoms with E-state index in [1.54, 1.807) is 31.3 Å². The fourth-order valence-electron chi connectivity index (χ4n) is 2.80. The monoisotopic (exact) mass is 369 g/mol. The Labute approximate surface area is 156 Å². The molecule has 0 saturated carbocycles. The van der Waals surface area contributed by atoms with Crippen LogP contribution in [0.1, 0.15) is 18.1 Å². The number of likely N-dealkylation sites (N-methyl/N-ethyl adjacent to an activating group) is 1. The van der Waals surface area contributed by atoms with Crippen LogP contribution in [0.15, 0.2) is 57.7 Å². The van der Waals surface area contributed by atoms with Crippen LogP contribution in [0.2, 0.25) is 0 Å². The lowest BCUT2D eigenvalue weighted by Crippen LogP contribution is -2.30. The van der Waals surface area contributed by atoms with E-state index in [0.29, 0.717) is 17.9 Å². The zero-order valence-corrected chi connectivity index (χ0v) is 15.2. The van der Waals surface area contributed by atoms with E-state index in [4.69, 9.17) is 9.15 Å². The summed E-state index contributed by atoms with van der Waals surface area (Å²) in [5.74, 6) is -0.0872. The molecule has 3 rings (SSSR count). The van der Waals surface area contributed by atoms with Crippen LogP contribution in [0.3, 0.4) is 0 Å². The van der Waals surface area contributed by atoms with E-state index >= 15 is 0 Å². The molecule has 0 unspecified atom stereocenters. The number of amides is 1. The number of ether oxygens (including phenoxy) is 1. The molecule has 0 fully saturated rings. The third-order valence-corrected chi connectivity index (χ3v) is 4.30. The standard InChI is InChI=1S/C21H20FNO4/c1-3-15-10-21(25)27-19-11-17(8-9-18(15)19)26-13-20(24)23(2)12-14-4-6-16(22)7-5-14/h4-11H,3,12-13H2,1-2H3. The molecule has 0 aliphatic carbocycles. The summed E-state index contributed by atoms with van der Waals surface area (Å²) in [6.07, 6.45) is 0.717. The molecule has 0 atom stereocenters. The Bertz CT molecular complexity index is 1010. The minimum Gasteiger partial charge on any atom is -0.484 e. The topological polar surface area (TPSA) is 59.8 Å². The van der Waals surface area contributed by atoms with Crippen molar-refractivity contribution in [3.05, 3.63) is 75.9 Å². The smallest absolute Gasteiger partial charge is 0.336 e. The number of fused-ring (bicyclic) bond motifs is 1. The SMILES string of the molecule is CCc1cc(=O)oc2cc(OCC(=O)N(C)Cc3ccc(F)cc3)ccc12. The van der Waals surface area contributed by atoms with Crippen molar-refractivity contribution in [2.24, 2.45) is 0 Å². The Balaban J connectivity index is 1.66. The fraction of sp³-hybridized carbons (Fsp3) is 0.238. The van der Waals surface area contributed by atoms with Gasteiger partial charge in [-0.3, -0.25) is 4.79 Å². The van der Waals surface area contributed by atoms with Crippen LogP contribution in [0, 0.1) is 5.82 Å². The first-order valence-corrected chi connectivity index (χ1v) is 8.64. The second-order valence-electron chi connectivity index (χ2n) is 6.27. The molecule has 0 spiro atoms. The van der Waals surface area contributed by atoms with Crippen molar-refractivity contribution in [3.8, 4) is 5.75 Å². The number of halogens is 1. The van der Waals surface area contributed by atoms with Crippen LogP contribution in [-0.4, -0.2) is 24.5 Å². The fourth-order valence-corrected chi connectivity index (χ4v) is 2.80. The molecule has 140 valence electrons. The van der Waals surface area contributed by atoms with Crippen LogP contribution in [-0.2, 0) is 17.8 Å². The van der Waals surface area contributed by atoms with Gasteiger partial charge in [0.25, 0.3) is 5.91 Å². The zero-order valence-electron chi connectivity index (χ0n) is 15.2. The predicted octanol–water partition coefficient (Wildman–Crippen LogP) is 3.53. The predicted molar refractivity (Wildman–Crippen MR) is 100 cm³/mol. The molecule has 6 heteroatoms. The van der Waals surface area contributed by atoms with Gasteiger partial charge in [-0.2, -0.15) is 0 Å². The third kappa shape index (κ3) is 4.53. The third-order valence-electron chi connectivity index (χ3n) is 4.30. The highest BCUT2D eigenvalue weighted by atomic mass is 19.1. The summed E-state index contributed by atoms with van der Waals surface area (Å²) in [7, 11) is 1.65. The van der Waals surface area contributed by atoms with Crippen molar-refractivity contribution in [2.45, 2.75) is 19.9 Å². The number of carbonyl (C=O) groups is 1. The van der Waals surface area contributed by atoms with Gasteiger partial charge in [0.1, 0.15) is 17.1 Å². The second kappa shape index (κ2) is 8.03. The number of benzene rings is 2. The zero-order chi connectivity index (χ0) is 19.4. The molecular weight excluding hydrogens is 349 g/mol. The molecule has 27 heavy (non-hydrogen) atoms. The molecule has 2 aromatic carbocycles. The summed E-state index contributed by atoms with van der Waals surface area (Å²) in [5.41, 5.74) is 1.75. The molecule has 1 heterocycles. The summed E-state index contributed by atoms with van der Waals surface area (Å²) < 4.78 is 23.7. The largest absolute Gasteiger partial charge is 0.484 e. The number of hydrogen-bond acceptors (Lipinski definition) is 4. The summed E-state index contributed by atoms with van der Waals surface area (Å²) in [4.78, 5) is 25.4. The lowest BCUT2D eigenvalue weighted by atomic mass is 10.1. The lowest BCUT2D eigenvalue weighted by molar-refractivity contribution is -0.132. The number of nitrogens with zero attached hydrogens (tertiary/aromatic N) is 1. The van der Waals surface area contributed by atoms with Gasteiger partial charge < -0.3 is 14.1 Å². The highest BCUT2D eigenvalue weighted by molar-refractivity contribution is 5.82. The average Bonchev–Trinajstić information content (AvgIpc) is 2.66. The van der Waals surface area contributed by atoms with Gasteiger partial charge in [-0.25, -0.2) is 9.18 Å². The Morgan fingerprint density at radius 2 is 1.89 bits per heavy atom. The van der Waals surface area contributed by atoms with Crippen LogP contribution in [0.25, 0.3) is 11.0 Å². The minimum atomic E-state index is -0.411. The Morgan fingerprint density at radius 3 is 2.59 bits per heavy atom. The van der Waals surface area contributed by atoms with E-state index in [-0.39, 0.29) is 18.3 Å². The maximum absolute atomic E-state index is 12.9. The summed E-state index contributed by atoms with van der Waals surface area (Å²) in [6, 6.07) is 12.6. The van der Waals surface area contributed by atoms with Crippen LogP contribution >= 0.6 is 0 Å². The van der Waals surface area contributed by atoms with Gasteiger partial charge in [0.2, 0.25) is 0 Å². The van der Waals surface area contributed by atoms with Gasteiger partial charge in [-0.05, 0) is 41.8 Å². The first-order valence-electron chi connectivity index (χ1n) is 8.64. The number of aryl methyl sites for hydroxylation is 1. The van der Waals surface area contributed by atoms with Gasteiger partial charge in [0, 0.05) is 31.1 Å². The van der Waals surface area contributed by atoms with E-state index in [1.807, 2.05) is 13.0 Å². The van der Waals surface area contributed by atoms with Gasteiger partial charge >= 0.3 is 5.63 Å². The van der Waals surface area contributed by atoms with Gasteiger partial charge in [-0.15, -0.1) is 0 Å². The summed E-state index contributed by atoms with van der Waals surface area (Å²) >= 11 is 0. The number of carbonyl (C=O) groups excluding carboxylic acids is 1. The minimum absolute atomic E-state index is 0.152. The van der Waals surface area contributed by atoms with Gasteiger partial charge in [-0.1, -0.05) is 19.1 Å². The summed E-state index contributed by atoms with van der Waals surface area (Å²) in [6.45, 7) is 2.17. The van der Waals surface area contributed by atoms with Crippen molar-refractivity contribution >= 4 is 16.9 Å². The first kappa shape index (κ1) is 18.6. The Morgan fingerprint density at radius 1 is 1.15 bits per heavy atom. The Hall–Kier alpha value is -3.15. The molecule has 0 saturated heterocycles. The molecular formula is C21H20FNO4. The maximum Gasteiger partial charge on any atom is 0.336 e. The summed E-state index contributed by atoms with van der Waals surface area (Å²) in [5, 5.41) is 0.851. The van der Waals surface area contributed by atoms with Crippen LogP contribution < -0.4 is 10.4 Å². The van der Waals surface area contributed by atoms with Crippen molar-refractivity contribution in [1.29, 1.82) is 0 Å². The number of rotatable bonds is 6. The quantitative estimate of drug-likeness (QED) is 0.624. The van der Waals surface area contributed by atoms with Crippen molar-refractivity contribution < 1.29 is 18.3 Å².